The van der Waals surface area contributed by atoms with Gasteiger partial charge in [-0.25, -0.2) is 9.78 Å². The second kappa shape index (κ2) is 8.30. The maximum absolute atomic E-state index is 12.3. The van der Waals surface area contributed by atoms with Crippen LogP contribution in [0.5, 0.6) is 0 Å². The van der Waals surface area contributed by atoms with E-state index < -0.39 is 0 Å². The summed E-state index contributed by atoms with van der Waals surface area (Å²) in [5, 5.41) is 3.11. The Kier molecular flexibility index (Phi) is 5.62. The Morgan fingerprint density at radius 3 is 2.81 bits per heavy atom. The summed E-state index contributed by atoms with van der Waals surface area (Å²) in [6.45, 7) is 2.28. The Balaban J connectivity index is 1.21. The number of amides is 2. The molecule has 0 bridgehead atoms. The molecular weight excluding hydrogens is 340 g/mol. The quantitative estimate of drug-likeness (QED) is 0.844. The van der Waals surface area contributed by atoms with E-state index >= 15 is 0 Å². The molecule has 27 heavy (non-hydrogen) atoms. The van der Waals surface area contributed by atoms with Crippen molar-refractivity contribution in [1.29, 1.82) is 0 Å². The number of carbonyl (C=O) groups is 1. The number of benzene rings is 1. The molecule has 2 heterocycles. The molecule has 2 N–H and O–H groups in total. The summed E-state index contributed by atoms with van der Waals surface area (Å²) in [6.07, 6.45) is 6.91. The van der Waals surface area contributed by atoms with Gasteiger partial charge >= 0.3 is 6.03 Å². The minimum absolute atomic E-state index is 0.0184. The number of aromatic nitrogens is 2. The van der Waals surface area contributed by atoms with Gasteiger partial charge < -0.3 is 19.9 Å². The van der Waals surface area contributed by atoms with Crippen LogP contribution in [-0.2, 0) is 4.74 Å². The summed E-state index contributed by atoms with van der Waals surface area (Å²) in [7, 11) is 1.86. The molecule has 1 aromatic carbocycles. The number of hydrogen-bond donors (Lipinski definition) is 2. The van der Waals surface area contributed by atoms with Gasteiger partial charge in [0.1, 0.15) is 5.82 Å². The number of rotatable bonds is 5. The van der Waals surface area contributed by atoms with Crippen LogP contribution in [0, 0.1) is 5.92 Å². The fraction of sp³-hybridized carbons (Fsp3) is 0.619. The molecule has 1 atom stereocenters. The van der Waals surface area contributed by atoms with E-state index in [0.717, 1.165) is 68.5 Å². The summed E-state index contributed by atoms with van der Waals surface area (Å²) in [5.74, 6) is 2.19. The molecule has 0 radical (unpaired) electrons. The molecule has 0 spiro atoms. The van der Waals surface area contributed by atoms with Gasteiger partial charge in [-0.2, -0.15) is 0 Å². The van der Waals surface area contributed by atoms with Crippen LogP contribution in [-0.4, -0.2) is 53.7 Å². The first kappa shape index (κ1) is 18.3. The number of carbonyl (C=O) groups excluding carboxylic acids is 1. The Bertz CT molecular complexity index is 727. The van der Waals surface area contributed by atoms with Gasteiger partial charge in [0.15, 0.2) is 0 Å². The maximum Gasteiger partial charge on any atom is 0.317 e. The predicted molar refractivity (Wildman–Crippen MR) is 106 cm³/mol. The van der Waals surface area contributed by atoms with Crippen LogP contribution in [0.25, 0.3) is 11.0 Å². The number of likely N-dealkylation sites (N-methyl/N-ethyl adjacent to an activating group) is 1. The third kappa shape index (κ3) is 4.43. The molecule has 146 valence electrons. The van der Waals surface area contributed by atoms with E-state index in [-0.39, 0.29) is 12.1 Å². The lowest BCUT2D eigenvalue weighted by atomic mass is 9.81. The number of urea groups is 1. The minimum Gasteiger partial charge on any atom is -0.376 e. The minimum atomic E-state index is 0.0184. The van der Waals surface area contributed by atoms with Crippen molar-refractivity contribution in [1.82, 2.24) is 20.2 Å². The molecule has 2 fully saturated rings. The number of para-hydroxylation sites is 2. The average molecular weight is 370 g/mol. The van der Waals surface area contributed by atoms with Gasteiger partial charge in [0.2, 0.25) is 0 Å². The van der Waals surface area contributed by atoms with E-state index in [1.165, 1.54) is 0 Å². The fourth-order valence-electron chi connectivity index (χ4n) is 4.35. The molecule has 2 aliphatic rings. The highest BCUT2D eigenvalue weighted by Crippen LogP contribution is 2.35. The Labute approximate surface area is 160 Å². The Hall–Kier alpha value is -2.08. The van der Waals surface area contributed by atoms with Gasteiger partial charge in [-0.15, -0.1) is 0 Å². The summed E-state index contributed by atoms with van der Waals surface area (Å²) >= 11 is 0. The number of ether oxygens (including phenoxy) is 1. The first-order valence-electron chi connectivity index (χ1n) is 10.2. The van der Waals surface area contributed by atoms with Crippen LogP contribution in [0.3, 0.4) is 0 Å². The number of nitrogens with zero attached hydrogens (tertiary/aromatic N) is 2. The summed E-state index contributed by atoms with van der Waals surface area (Å²) in [5.41, 5.74) is 2.17. The highest BCUT2D eigenvalue weighted by molar-refractivity contribution is 5.75. The monoisotopic (exact) mass is 370 g/mol. The average Bonchev–Trinajstić information content (AvgIpc) is 3.35. The van der Waals surface area contributed by atoms with E-state index in [1.807, 2.05) is 19.2 Å². The molecule has 6 nitrogen and oxygen atoms in total. The van der Waals surface area contributed by atoms with E-state index in [2.05, 4.69) is 22.4 Å². The van der Waals surface area contributed by atoms with E-state index in [4.69, 9.17) is 9.72 Å². The number of H-pyrrole nitrogens is 1. The second-order valence-electron chi connectivity index (χ2n) is 8.06. The van der Waals surface area contributed by atoms with Crippen LogP contribution in [0.2, 0.25) is 0 Å². The predicted octanol–water partition coefficient (Wildman–Crippen LogP) is 3.66. The summed E-state index contributed by atoms with van der Waals surface area (Å²) < 4.78 is 5.61. The fourth-order valence-corrected chi connectivity index (χ4v) is 4.35. The molecule has 1 saturated carbocycles. The highest BCUT2D eigenvalue weighted by Gasteiger charge is 2.25. The SMILES string of the molecule is CN(C[C@@H]1CCCO1)C(=O)NCC1CCC(c2nc3ccccc3[nH]2)CC1. The van der Waals surface area contributed by atoms with Crippen molar-refractivity contribution in [2.24, 2.45) is 5.92 Å². The lowest BCUT2D eigenvalue weighted by Crippen LogP contribution is -2.43. The zero-order chi connectivity index (χ0) is 18.6. The lowest BCUT2D eigenvalue weighted by molar-refractivity contribution is 0.0872. The number of nitrogens with one attached hydrogen (secondary N) is 2. The summed E-state index contributed by atoms with van der Waals surface area (Å²) in [6, 6.07) is 8.23. The summed E-state index contributed by atoms with van der Waals surface area (Å²) in [4.78, 5) is 22.3. The van der Waals surface area contributed by atoms with Gasteiger partial charge in [-0.1, -0.05) is 12.1 Å². The van der Waals surface area contributed by atoms with E-state index in [1.54, 1.807) is 4.90 Å². The van der Waals surface area contributed by atoms with Crippen LogP contribution in [0.15, 0.2) is 24.3 Å². The number of aromatic amines is 1. The molecule has 1 aromatic heterocycles. The maximum atomic E-state index is 12.3. The normalized spacial score (nSPS) is 25.6. The first-order chi connectivity index (χ1) is 13.2. The standard InChI is InChI=1S/C21H30N4O2/c1-25(14-17-5-4-12-27-17)21(26)22-13-15-8-10-16(11-9-15)20-23-18-6-2-3-7-19(18)24-20/h2-3,6-7,15-17H,4-5,8-14H2,1H3,(H,22,26)(H,23,24)/t15?,16?,17-/m0/s1. The van der Waals surface area contributed by atoms with Crippen LogP contribution >= 0.6 is 0 Å². The molecule has 1 aliphatic carbocycles. The largest absolute Gasteiger partial charge is 0.376 e. The van der Waals surface area contributed by atoms with Gasteiger partial charge in [0, 0.05) is 32.7 Å². The van der Waals surface area contributed by atoms with Crippen molar-refractivity contribution < 1.29 is 9.53 Å². The Morgan fingerprint density at radius 1 is 1.26 bits per heavy atom. The van der Waals surface area contributed by atoms with E-state index in [0.29, 0.717) is 18.4 Å². The number of fused-ring (bicyclic) bond motifs is 1. The van der Waals surface area contributed by atoms with Crippen molar-refractivity contribution in [3.8, 4) is 0 Å². The zero-order valence-electron chi connectivity index (χ0n) is 16.1. The molecule has 1 aliphatic heterocycles. The topological polar surface area (TPSA) is 70.2 Å². The first-order valence-corrected chi connectivity index (χ1v) is 10.2. The number of imidazole rings is 1. The molecule has 1 saturated heterocycles. The molecular formula is C21H30N4O2. The lowest BCUT2D eigenvalue weighted by Gasteiger charge is -2.28. The second-order valence-corrected chi connectivity index (χ2v) is 8.06. The smallest absolute Gasteiger partial charge is 0.317 e. The van der Waals surface area contributed by atoms with Crippen molar-refractivity contribution in [2.45, 2.75) is 50.5 Å². The van der Waals surface area contributed by atoms with Crippen molar-refractivity contribution in [3.05, 3.63) is 30.1 Å². The van der Waals surface area contributed by atoms with Gasteiger partial charge in [-0.05, 0) is 56.6 Å². The van der Waals surface area contributed by atoms with Crippen molar-refractivity contribution in [2.75, 3.05) is 26.7 Å². The van der Waals surface area contributed by atoms with Crippen LogP contribution in [0.1, 0.15) is 50.3 Å². The van der Waals surface area contributed by atoms with Crippen LogP contribution in [0.4, 0.5) is 4.79 Å². The highest BCUT2D eigenvalue weighted by atomic mass is 16.5. The third-order valence-corrected chi connectivity index (χ3v) is 6.03. The molecule has 2 amide bonds. The van der Waals surface area contributed by atoms with E-state index in [9.17, 15) is 4.79 Å². The zero-order valence-corrected chi connectivity index (χ0v) is 16.1. The third-order valence-electron chi connectivity index (χ3n) is 6.03. The van der Waals surface area contributed by atoms with Crippen molar-refractivity contribution >= 4 is 17.1 Å². The van der Waals surface area contributed by atoms with Gasteiger partial charge in [-0.3, -0.25) is 0 Å². The number of hydrogen-bond acceptors (Lipinski definition) is 3. The van der Waals surface area contributed by atoms with Crippen LogP contribution < -0.4 is 5.32 Å². The van der Waals surface area contributed by atoms with Gasteiger partial charge in [0.25, 0.3) is 0 Å². The molecule has 0 unspecified atom stereocenters. The Morgan fingerprint density at radius 2 is 2.07 bits per heavy atom. The van der Waals surface area contributed by atoms with Gasteiger partial charge in [0.05, 0.1) is 17.1 Å². The van der Waals surface area contributed by atoms with Crippen molar-refractivity contribution in [3.63, 3.8) is 0 Å². The molecule has 2 aromatic rings. The molecule has 6 heteroatoms. The molecule has 4 rings (SSSR count).